The molecule has 108 valence electrons. The maximum absolute atomic E-state index is 12.7. The van der Waals surface area contributed by atoms with Gasteiger partial charge in [-0.15, -0.1) is 0 Å². The van der Waals surface area contributed by atoms with Crippen LogP contribution in [0.15, 0.2) is 24.3 Å². The van der Waals surface area contributed by atoms with Gasteiger partial charge in [-0.3, -0.25) is 14.9 Å². The summed E-state index contributed by atoms with van der Waals surface area (Å²) in [5.41, 5.74) is 0.710. The molecular weight excluding hydrogens is 267 g/mol. The first kappa shape index (κ1) is 15.6. The second kappa shape index (κ2) is 7.22. The van der Waals surface area contributed by atoms with Gasteiger partial charge in [0.2, 0.25) is 5.91 Å². The van der Waals surface area contributed by atoms with Gasteiger partial charge in [0.15, 0.2) is 0 Å². The van der Waals surface area contributed by atoms with Crippen LogP contribution in [0.5, 0.6) is 0 Å². The Hall–Kier alpha value is -2.44. The van der Waals surface area contributed by atoms with Gasteiger partial charge in [0.1, 0.15) is 5.82 Å². The molecule has 0 bridgehead atoms. The Morgan fingerprint density at radius 2 is 1.80 bits per heavy atom. The van der Waals surface area contributed by atoms with Crippen LogP contribution in [0.1, 0.15) is 18.4 Å². The number of hydrogen-bond donors (Lipinski definition) is 2. The molecule has 0 fully saturated rings. The normalized spacial score (nSPS) is 9.90. The Balaban J connectivity index is 2.44. The minimum atomic E-state index is -1.10. The van der Waals surface area contributed by atoms with E-state index in [1.54, 1.807) is 0 Å². The van der Waals surface area contributed by atoms with Gasteiger partial charge in [-0.25, -0.2) is 9.18 Å². The Morgan fingerprint density at radius 3 is 2.35 bits per heavy atom. The molecule has 0 saturated heterocycles. The summed E-state index contributed by atoms with van der Waals surface area (Å²) in [6, 6.07) is 4.99. The third-order valence-corrected chi connectivity index (χ3v) is 2.49. The molecule has 1 rings (SSSR count). The number of hydrogen-bond acceptors (Lipinski definition) is 3. The summed E-state index contributed by atoms with van der Waals surface area (Å²) < 4.78 is 12.7. The van der Waals surface area contributed by atoms with E-state index in [4.69, 9.17) is 5.11 Å². The number of carbonyl (C=O) groups excluding carboxylic acids is 2. The number of amides is 3. The van der Waals surface area contributed by atoms with Crippen molar-refractivity contribution in [1.29, 1.82) is 0 Å². The topological polar surface area (TPSA) is 86.7 Å². The Bertz CT molecular complexity index is 502. The molecule has 0 aliphatic heterocycles. The Labute approximate surface area is 115 Å². The number of carbonyl (C=O) groups is 3. The van der Waals surface area contributed by atoms with Gasteiger partial charge in [0.25, 0.3) is 0 Å². The van der Waals surface area contributed by atoms with Gasteiger partial charge in [-0.2, -0.15) is 0 Å². The van der Waals surface area contributed by atoms with Crippen LogP contribution in [0.3, 0.4) is 0 Å². The molecule has 0 aliphatic carbocycles. The van der Waals surface area contributed by atoms with Crippen LogP contribution in [-0.2, 0) is 16.1 Å². The lowest BCUT2D eigenvalue weighted by Crippen LogP contribution is -2.40. The van der Waals surface area contributed by atoms with Crippen molar-refractivity contribution in [1.82, 2.24) is 10.2 Å². The van der Waals surface area contributed by atoms with Gasteiger partial charge in [-0.1, -0.05) is 12.1 Å². The summed E-state index contributed by atoms with van der Waals surface area (Å²) in [5.74, 6) is -2.12. The maximum atomic E-state index is 12.7. The molecule has 0 spiro atoms. The molecule has 0 atom stereocenters. The van der Waals surface area contributed by atoms with E-state index in [1.807, 2.05) is 0 Å². The molecule has 6 nitrogen and oxygen atoms in total. The van der Waals surface area contributed by atoms with Crippen LogP contribution in [0.4, 0.5) is 9.18 Å². The molecule has 1 aromatic rings. The predicted octanol–water partition coefficient (Wildman–Crippen LogP) is 1.36. The van der Waals surface area contributed by atoms with Crippen molar-refractivity contribution >= 4 is 17.9 Å². The molecule has 0 aromatic heterocycles. The summed E-state index contributed by atoms with van der Waals surface area (Å²) in [6.07, 6.45) is -0.591. The minimum absolute atomic E-state index is 0.207. The quantitative estimate of drug-likeness (QED) is 0.853. The first-order chi connectivity index (χ1) is 9.38. The molecule has 0 saturated carbocycles. The van der Waals surface area contributed by atoms with Gasteiger partial charge in [0, 0.05) is 20.0 Å². The van der Waals surface area contributed by atoms with E-state index >= 15 is 0 Å². The Kier molecular flexibility index (Phi) is 5.64. The largest absolute Gasteiger partial charge is 0.481 e. The van der Waals surface area contributed by atoms with Crippen molar-refractivity contribution in [3.8, 4) is 0 Å². The second-order valence-corrected chi connectivity index (χ2v) is 4.23. The van der Waals surface area contributed by atoms with E-state index < -0.39 is 17.9 Å². The number of carboxylic acids is 1. The number of aliphatic carboxylic acids is 1. The van der Waals surface area contributed by atoms with E-state index in [0.29, 0.717) is 5.56 Å². The second-order valence-electron chi connectivity index (χ2n) is 4.23. The number of benzene rings is 1. The lowest BCUT2D eigenvalue weighted by atomic mass is 10.2. The van der Waals surface area contributed by atoms with Gasteiger partial charge >= 0.3 is 12.0 Å². The number of carboxylic acid groups (broad SMARTS) is 1. The number of halogens is 1. The molecule has 1 aromatic carbocycles. The fourth-order valence-electron chi connectivity index (χ4n) is 1.43. The summed E-state index contributed by atoms with van der Waals surface area (Å²) in [5, 5.41) is 10.5. The van der Waals surface area contributed by atoms with E-state index in [0.717, 1.165) is 0 Å². The number of nitrogens with one attached hydrogen (secondary N) is 1. The summed E-state index contributed by atoms with van der Waals surface area (Å²) >= 11 is 0. The van der Waals surface area contributed by atoms with Gasteiger partial charge in [-0.05, 0) is 17.7 Å². The van der Waals surface area contributed by atoms with Crippen LogP contribution < -0.4 is 5.32 Å². The average Bonchev–Trinajstić information content (AvgIpc) is 2.39. The molecule has 0 unspecified atom stereocenters. The van der Waals surface area contributed by atoms with Crippen LogP contribution in [0.25, 0.3) is 0 Å². The zero-order valence-electron chi connectivity index (χ0n) is 10.9. The fourth-order valence-corrected chi connectivity index (χ4v) is 1.43. The average molecular weight is 282 g/mol. The fraction of sp³-hybridized carbons (Fsp3) is 0.308. The smallest absolute Gasteiger partial charge is 0.324 e. The lowest BCUT2D eigenvalue weighted by molar-refractivity contribution is -0.138. The van der Waals surface area contributed by atoms with E-state index in [2.05, 4.69) is 5.32 Å². The van der Waals surface area contributed by atoms with Gasteiger partial charge < -0.3 is 10.0 Å². The highest BCUT2D eigenvalue weighted by molar-refractivity contribution is 5.95. The number of urea groups is 1. The maximum Gasteiger partial charge on any atom is 0.324 e. The van der Waals surface area contributed by atoms with Crippen molar-refractivity contribution in [2.24, 2.45) is 0 Å². The summed E-state index contributed by atoms with van der Waals surface area (Å²) in [7, 11) is 1.48. The van der Waals surface area contributed by atoms with Gasteiger partial charge in [0.05, 0.1) is 6.42 Å². The van der Waals surface area contributed by atoms with Crippen molar-refractivity contribution in [3.63, 3.8) is 0 Å². The molecule has 0 heterocycles. The summed E-state index contributed by atoms with van der Waals surface area (Å²) in [6.45, 7) is 0.207. The minimum Gasteiger partial charge on any atom is -0.481 e. The third kappa shape index (κ3) is 5.47. The number of imide groups is 1. The van der Waals surface area contributed by atoms with Crippen molar-refractivity contribution in [3.05, 3.63) is 35.6 Å². The zero-order valence-corrected chi connectivity index (χ0v) is 10.9. The highest BCUT2D eigenvalue weighted by Crippen LogP contribution is 2.05. The first-order valence-corrected chi connectivity index (χ1v) is 5.89. The third-order valence-electron chi connectivity index (χ3n) is 2.49. The summed E-state index contributed by atoms with van der Waals surface area (Å²) in [4.78, 5) is 34.5. The zero-order chi connectivity index (χ0) is 15.1. The first-order valence-electron chi connectivity index (χ1n) is 5.89. The highest BCUT2D eigenvalue weighted by atomic mass is 19.1. The Morgan fingerprint density at radius 1 is 1.20 bits per heavy atom. The molecule has 0 aliphatic rings. The number of rotatable bonds is 5. The SMILES string of the molecule is CN(Cc1ccc(F)cc1)C(=O)NC(=O)CCC(=O)O. The molecular formula is C13H15FN2O4. The van der Waals surface area contributed by atoms with E-state index in [1.165, 1.54) is 36.2 Å². The van der Waals surface area contributed by atoms with Crippen molar-refractivity contribution in [2.45, 2.75) is 19.4 Å². The van der Waals surface area contributed by atoms with Crippen molar-refractivity contribution < 1.29 is 23.9 Å². The monoisotopic (exact) mass is 282 g/mol. The van der Waals surface area contributed by atoms with E-state index in [9.17, 15) is 18.8 Å². The van der Waals surface area contributed by atoms with Crippen LogP contribution >= 0.6 is 0 Å². The van der Waals surface area contributed by atoms with Crippen LogP contribution in [-0.4, -0.2) is 35.0 Å². The van der Waals surface area contributed by atoms with Crippen molar-refractivity contribution in [2.75, 3.05) is 7.05 Å². The highest BCUT2D eigenvalue weighted by Gasteiger charge is 2.13. The molecule has 7 heteroatoms. The molecule has 2 N–H and O–H groups in total. The molecule has 0 radical (unpaired) electrons. The molecule has 20 heavy (non-hydrogen) atoms. The van der Waals surface area contributed by atoms with E-state index in [-0.39, 0.29) is 25.2 Å². The molecule has 3 amide bonds. The standard InChI is InChI=1S/C13H15FN2O4/c1-16(8-9-2-4-10(14)5-3-9)13(20)15-11(17)6-7-12(18)19/h2-5H,6-8H2,1H3,(H,18,19)(H,15,17,20). The van der Waals surface area contributed by atoms with Crippen LogP contribution in [0, 0.1) is 5.82 Å². The lowest BCUT2D eigenvalue weighted by Gasteiger charge is -2.17. The predicted molar refractivity (Wildman–Crippen MR) is 68.3 cm³/mol. The van der Waals surface area contributed by atoms with Crippen LogP contribution in [0.2, 0.25) is 0 Å². The number of nitrogens with zero attached hydrogens (tertiary/aromatic N) is 1.